The molecule has 7 fully saturated rings. The quantitative estimate of drug-likeness (QED) is 0.0200. The summed E-state index contributed by atoms with van der Waals surface area (Å²) < 4.78 is 83.0. The third kappa shape index (κ3) is 32.9. The fourth-order valence-electron chi connectivity index (χ4n) is 17.7. The van der Waals surface area contributed by atoms with E-state index in [0.29, 0.717) is 12.8 Å². The van der Waals surface area contributed by atoms with E-state index < -0.39 is 315 Å². The number of amides is 4. The molecule has 0 aliphatic carbocycles. The smallest absolute Gasteiger partial charge is 0.364 e. The van der Waals surface area contributed by atoms with Crippen LogP contribution in [0.3, 0.4) is 0 Å². The second-order valence-corrected chi connectivity index (χ2v) is 35.6. The highest BCUT2D eigenvalue weighted by Crippen LogP contribution is 2.42. The summed E-state index contributed by atoms with van der Waals surface area (Å²) in [5.74, 6) is -8.44. The lowest BCUT2D eigenvalue weighted by Gasteiger charge is -2.51. The van der Waals surface area contributed by atoms with Crippen LogP contribution in [0, 0.1) is 0 Å². The van der Waals surface area contributed by atoms with E-state index >= 15 is 0 Å². The van der Waals surface area contributed by atoms with Gasteiger partial charge in [0.2, 0.25) is 23.6 Å². The van der Waals surface area contributed by atoms with Gasteiger partial charge in [-0.05, 0) is 19.3 Å². The Balaban J connectivity index is 1.01. The van der Waals surface area contributed by atoms with Crippen LogP contribution in [-0.2, 0) is 90.3 Å². The number of allylic oxidation sites excluding steroid dienone is 1. The van der Waals surface area contributed by atoms with E-state index in [9.17, 15) is 136 Å². The molecule has 26 N–H and O–H groups in total. The maximum Gasteiger partial charge on any atom is 0.364 e. The van der Waals surface area contributed by atoms with Crippen molar-refractivity contribution >= 4 is 29.6 Å². The molecule has 7 heterocycles. The molecule has 7 rings (SSSR count). The van der Waals surface area contributed by atoms with Crippen molar-refractivity contribution < 1.29 is 203 Å². The van der Waals surface area contributed by atoms with Crippen molar-refractivity contribution in [1.82, 2.24) is 21.3 Å². The Labute approximate surface area is 768 Å². The number of nitrogens with one attached hydrogen (secondary N) is 4. The van der Waals surface area contributed by atoms with Crippen LogP contribution < -0.4 is 21.3 Å². The standard InChI is InChI=1S/C87H154N4O41/c1-6-8-10-12-14-16-18-20-21-23-25-27-29-31-33-35-58(105)91-48(49(102)34-32-30-28-26-24-22-19-17-15-13-11-9-7-2)44-119-82-69(113)68(112)75(57(43-98)125-82)128-84-71(115)78(64(108)53(39-94)121-84)130-80-60(89-46(4)100)66(110)73(55(41-96)123-80)126-83-70(114)77(63(107)52(38-93)120-83)129-81-61(90-47(5)101)67(111)74(56(42-97)124-81)127-85-72(116)79(65(109)54(40-95)122-85)132-87(86(117)118)36-50(103)59(88-45(3)99)76(131-87)62(106)51(104)37-92/h32,34,48-57,59-85,92-98,102-104,106-116H,6-31,33,35-44H2,1-5H3,(H,88,99)(H,89,100)(H,90,101)(H,91,105)(H,117,118)/b34-32+/t48-,49+,50?,51+,52?,53?,54?,55?,56?,57?,59+,60?,61?,62+,63-,64-,65-,66+,67+,68+,69?,70?,71?,72?,73+,74+,75+,76?,77-,78-,79-,80-,81+,82+,83-,84-,85-,87-/m0/s1. The van der Waals surface area contributed by atoms with Gasteiger partial charge in [0.25, 0.3) is 5.79 Å². The monoisotopic (exact) mass is 1910 g/mol. The minimum atomic E-state index is -3.25. The van der Waals surface area contributed by atoms with Crippen LogP contribution in [0.4, 0.5) is 0 Å². The number of carboxylic acids is 1. The Hall–Kier alpha value is -4.31. The number of rotatable bonds is 59. The van der Waals surface area contributed by atoms with Gasteiger partial charge in [-0.3, -0.25) is 19.2 Å². The van der Waals surface area contributed by atoms with Crippen molar-refractivity contribution in [3.05, 3.63) is 12.2 Å². The first kappa shape index (κ1) is 115. The highest BCUT2D eigenvalue weighted by atomic mass is 16.8. The zero-order chi connectivity index (χ0) is 97.1. The first-order valence-electron chi connectivity index (χ1n) is 47.1. The number of aliphatic carboxylic acids is 1. The Morgan fingerprint density at radius 2 is 0.735 bits per heavy atom. The summed E-state index contributed by atoms with van der Waals surface area (Å²) in [4.78, 5) is 65.1. The van der Waals surface area contributed by atoms with Crippen LogP contribution in [0.2, 0.25) is 0 Å². The average Bonchev–Trinajstić information content (AvgIpc) is 0.755. The predicted molar refractivity (Wildman–Crippen MR) is 455 cm³/mol. The molecule has 45 heteroatoms. The number of aliphatic hydroxyl groups is 21. The molecule has 7 aliphatic rings. The minimum Gasteiger partial charge on any atom is -0.477 e. The number of carbonyl (C=O) groups excluding carboxylic acids is 4. The molecule has 7 aliphatic heterocycles. The topological polar surface area (TPSA) is 708 Å². The van der Waals surface area contributed by atoms with Crippen molar-refractivity contribution in [2.45, 2.75) is 453 Å². The van der Waals surface area contributed by atoms with Gasteiger partial charge in [-0.1, -0.05) is 180 Å². The second-order valence-electron chi connectivity index (χ2n) is 35.6. The van der Waals surface area contributed by atoms with E-state index in [-0.39, 0.29) is 12.3 Å². The zero-order valence-corrected chi connectivity index (χ0v) is 76.3. The van der Waals surface area contributed by atoms with Crippen molar-refractivity contribution in [3.63, 3.8) is 0 Å². The van der Waals surface area contributed by atoms with Crippen molar-refractivity contribution in [1.29, 1.82) is 0 Å². The van der Waals surface area contributed by atoms with Crippen LogP contribution in [0.15, 0.2) is 12.2 Å². The van der Waals surface area contributed by atoms with Gasteiger partial charge in [-0.25, -0.2) is 4.79 Å². The average molecular weight is 1910 g/mol. The van der Waals surface area contributed by atoms with Gasteiger partial charge in [0.05, 0.1) is 77.1 Å². The SMILES string of the molecule is CCCCCCCCCCCCC/C=C/[C@@H](O)[C@H](CO[C@@H]1OC(CO)[C@@H](O[C@@H]2OC(CO)[C@H](O)[C@H](O[C@@H]3OC(CO)[C@@H](O[C@@H]4OC(CO)[C@H](O)[C@H](O[C@H]5OC(CO)[C@@H](O[C@@H]6OC(CO)[C@H](O)[C@H](O[C@]7(C(=O)O)CC(O)[C@@H](NC(C)=O)C([C@H](O)[C@H](O)CO)O7)C6O)[C@H](O)C5NC(C)=O)C4O)[C@H](O)C3NC(C)=O)C2O)[C@H](O)C1O)NC(=O)CCCCCCCCCCCCCCCCC. The van der Waals surface area contributed by atoms with Crippen LogP contribution in [0.1, 0.15) is 221 Å². The first-order chi connectivity index (χ1) is 63.1. The summed E-state index contributed by atoms with van der Waals surface area (Å²) >= 11 is 0. The molecule has 132 heavy (non-hydrogen) atoms. The molecule has 0 aromatic rings. The van der Waals surface area contributed by atoms with Gasteiger partial charge in [-0.2, -0.15) is 0 Å². The number of ether oxygens (including phenoxy) is 14. The van der Waals surface area contributed by atoms with Crippen LogP contribution in [-0.4, -0.2) is 427 Å². The molecule has 0 bridgehead atoms. The molecule has 0 aromatic heterocycles. The summed E-state index contributed by atoms with van der Waals surface area (Å²) in [7, 11) is 0. The maximum absolute atomic E-state index is 13.6. The maximum atomic E-state index is 13.6. The number of hydrogen-bond acceptors (Lipinski definition) is 40. The highest BCUT2D eigenvalue weighted by Gasteiger charge is 2.63. The molecule has 0 radical (unpaired) electrons. The molecule has 768 valence electrons. The number of unbranched alkanes of at least 4 members (excludes halogenated alkanes) is 25. The van der Waals surface area contributed by atoms with E-state index in [1.807, 2.05) is 6.08 Å². The second kappa shape index (κ2) is 58.7. The highest BCUT2D eigenvalue weighted by molar-refractivity contribution is 5.77. The molecular weight excluding hydrogens is 1760 g/mol. The predicted octanol–water partition coefficient (Wildman–Crippen LogP) is -5.25. The first-order valence-corrected chi connectivity index (χ1v) is 47.1. The summed E-state index contributed by atoms with van der Waals surface area (Å²) in [5, 5.41) is 258. The van der Waals surface area contributed by atoms with Crippen molar-refractivity contribution in [2.24, 2.45) is 0 Å². The molecule has 0 spiro atoms. The van der Waals surface area contributed by atoms with Gasteiger partial charge in [-0.15, -0.1) is 0 Å². The van der Waals surface area contributed by atoms with E-state index in [1.54, 1.807) is 6.08 Å². The molecule has 4 amide bonds. The van der Waals surface area contributed by atoms with Gasteiger partial charge < -0.3 is 200 Å². The Morgan fingerprint density at radius 3 is 1.11 bits per heavy atom. The largest absolute Gasteiger partial charge is 0.477 e. The minimum absolute atomic E-state index is 0.153. The Kier molecular flexibility index (Phi) is 51.0. The molecule has 45 nitrogen and oxygen atoms in total. The fourth-order valence-corrected chi connectivity index (χ4v) is 17.7. The number of carboxylic acid groups (broad SMARTS) is 1. The van der Waals surface area contributed by atoms with Gasteiger partial charge >= 0.3 is 5.97 Å². The van der Waals surface area contributed by atoms with Crippen molar-refractivity contribution in [3.8, 4) is 0 Å². The summed E-state index contributed by atoms with van der Waals surface area (Å²) in [6.07, 6.45) is -35.2. The van der Waals surface area contributed by atoms with E-state index in [2.05, 4.69) is 35.1 Å². The Bertz CT molecular complexity index is 3300. The van der Waals surface area contributed by atoms with Crippen molar-refractivity contribution in [2.75, 3.05) is 52.9 Å². The number of hydrogen-bond donors (Lipinski definition) is 26. The summed E-state index contributed by atoms with van der Waals surface area (Å²) in [5.41, 5.74) is 0. The van der Waals surface area contributed by atoms with E-state index in [1.165, 1.54) is 109 Å². The lowest BCUT2D eigenvalue weighted by Crippen LogP contribution is -2.71. The Morgan fingerprint density at radius 1 is 0.394 bits per heavy atom. The normalized spacial score (nSPS) is 37.3. The number of aliphatic hydroxyl groups excluding tert-OH is 21. The molecular formula is C87H154N4O41. The van der Waals surface area contributed by atoms with E-state index in [4.69, 9.17) is 66.3 Å². The van der Waals surface area contributed by atoms with E-state index in [0.717, 1.165) is 72.1 Å². The number of carbonyl (C=O) groups is 5. The molecule has 0 saturated carbocycles. The van der Waals surface area contributed by atoms with Gasteiger partial charge in [0.1, 0.15) is 165 Å². The van der Waals surface area contributed by atoms with Crippen LogP contribution in [0.5, 0.6) is 0 Å². The zero-order valence-electron chi connectivity index (χ0n) is 76.3. The molecule has 0 aromatic carbocycles. The molecule has 7 saturated heterocycles. The fraction of sp³-hybridized carbons (Fsp3) is 0.920. The van der Waals surface area contributed by atoms with Crippen LogP contribution >= 0.6 is 0 Å². The summed E-state index contributed by atoms with van der Waals surface area (Å²) in [6, 6.07) is -6.68. The van der Waals surface area contributed by atoms with Gasteiger partial charge in [0, 0.05) is 33.6 Å². The molecule has 14 unspecified atom stereocenters. The third-order valence-electron chi connectivity index (χ3n) is 25.2. The van der Waals surface area contributed by atoms with Crippen LogP contribution in [0.25, 0.3) is 0 Å². The summed E-state index contributed by atoms with van der Waals surface area (Å²) in [6.45, 7) is -0.996. The molecule has 38 atom stereocenters. The van der Waals surface area contributed by atoms with Gasteiger partial charge in [0.15, 0.2) is 37.7 Å². The third-order valence-corrected chi connectivity index (χ3v) is 25.2. The lowest BCUT2D eigenvalue weighted by molar-refractivity contribution is -0.391. The lowest BCUT2D eigenvalue weighted by atomic mass is 9.88.